The van der Waals surface area contributed by atoms with Gasteiger partial charge in [-0.05, 0) is 30.4 Å². The number of nitro groups is 1. The Hall–Kier alpha value is -2.13. The Kier molecular flexibility index (Phi) is 6.77. The minimum absolute atomic E-state index is 0.00752. The summed E-state index contributed by atoms with van der Waals surface area (Å²) in [5.41, 5.74) is 1.67. The number of nitro benzene ring substituents is 1. The molecule has 6 nitrogen and oxygen atoms in total. The molecule has 0 radical (unpaired) electrons. The smallest absolute Gasteiger partial charge is 0.292 e. The highest BCUT2D eigenvalue weighted by Gasteiger charge is 2.28. The first-order valence-electron chi connectivity index (χ1n) is 8.90. The van der Waals surface area contributed by atoms with E-state index < -0.39 is 0 Å². The molecule has 136 valence electrons. The normalized spacial score (nSPS) is 16.4. The molecule has 0 unspecified atom stereocenters. The topological polar surface area (TPSA) is 60.0 Å². The van der Waals surface area contributed by atoms with Crippen LogP contribution in [0.5, 0.6) is 0 Å². The van der Waals surface area contributed by atoms with Crippen molar-refractivity contribution in [3.8, 4) is 0 Å². The van der Waals surface area contributed by atoms with Gasteiger partial charge in [-0.15, -0.1) is 0 Å². The SMILES string of the molecule is [C-]#[N+]C[C@@H](C)c1ccc(N(CC(C)C)C2CCOCC2)c([N+](=O)[O-])c1. The number of ether oxygens (including phenoxy) is 1. The van der Waals surface area contributed by atoms with Crippen LogP contribution in [0.1, 0.15) is 45.1 Å². The van der Waals surface area contributed by atoms with Crippen LogP contribution in [0, 0.1) is 22.6 Å². The van der Waals surface area contributed by atoms with E-state index in [4.69, 9.17) is 11.3 Å². The quantitative estimate of drug-likeness (QED) is 0.421. The van der Waals surface area contributed by atoms with Gasteiger partial charge in [-0.3, -0.25) is 10.1 Å². The lowest BCUT2D eigenvalue weighted by molar-refractivity contribution is -0.384. The molecule has 2 rings (SSSR count). The van der Waals surface area contributed by atoms with Crippen molar-refractivity contribution in [1.29, 1.82) is 0 Å². The van der Waals surface area contributed by atoms with Gasteiger partial charge >= 0.3 is 0 Å². The molecule has 1 aliphatic heterocycles. The molecule has 1 atom stereocenters. The Morgan fingerprint density at radius 3 is 2.60 bits per heavy atom. The zero-order valence-electron chi connectivity index (χ0n) is 15.3. The van der Waals surface area contributed by atoms with Gasteiger partial charge in [0.1, 0.15) is 5.69 Å². The predicted octanol–water partition coefficient (Wildman–Crippen LogP) is 4.26. The van der Waals surface area contributed by atoms with Crippen molar-refractivity contribution in [3.05, 3.63) is 45.3 Å². The van der Waals surface area contributed by atoms with E-state index in [-0.39, 0.29) is 22.6 Å². The summed E-state index contributed by atoms with van der Waals surface area (Å²) in [5.74, 6) is 0.398. The zero-order chi connectivity index (χ0) is 18.4. The fourth-order valence-electron chi connectivity index (χ4n) is 3.31. The number of benzene rings is 1. The van der Waals surface area contributed by atoms with Crippen LogP contribution in [0.15, 0.2) is 18.2 Å². The van der Waals surface area contributed by atoms with Crippen molar-refractivity contribution in [3.63, 3.8) is 0 Å². The fraction of sp³-hybridized carbons (Fsp3) is 0.632. The summed E-state index contributed by atoms with van der Waals surface area (Å²) in [4.78, 5) is 17.0. The van der Waals surface area contributed by atoms with Crippen molar-refractivity contribution >= 4 is 11.4 Å². The molecule has 1 heterocycles. The molecule has 1 aromatic carbocycles. The highest BCUT2D eigenvalue weighted by molar-refractivity contribution is 5.65. The average Bonchev–Trinajstić information content (AvgIpc) is 2.60. The van der Waals surface area contributed by atoms with Crippen LogP contribution in [-0.2, 0) is 4.74 Å². The lowest BCUT2D eigenvalue weighted by atomic mass is 9.98. The Labute approximate surface area is 149 Å². The van der Waals surface area contributed by atoms with Crippen LogP contribution >= 0.6 is 0 Å². The van der Waals surface area contributed by atoms with Gasteiger partial charge in [-0.1, -0.05) is 26.8 Å². The first-order valence-corrected chi connectivity index (χ1v) is 8.90. The summed E-state index contributed by atoms with van der Waals surface area (Å²) in [6.45, 7) is 15.7. The predicted molar refractivity (Wildman–Crippen MR) is 99.0 cm³/mol. The van der Waals surface area contributed by atoms with Crippen LogP contribution in [0.2, 0.25) is 0 Å². The molecule has 1 fully saturated rings. The standard InChI is InChI=1S/C19H27N3O3/c1-14(2)13-21(17-7-9-25-10-8-17)18-6-5-16(15(3)12-20-4)11-19(18)22(23)24/h5-6,11,14-15,17H,7-10,12-13H2,1-3H3/t15-/m1/s1. The lowest BCUT2D eigenvalue weighted by Gasteiger charge is -2.37. The number of hydrogen-bond acceptors (Lipinski definition) is 4. The van der Waals surface area contributed by atoms with Crippen LogP contribution in [-0.4, -0.2) is 37.3 Å². The third-order valence-corrected chi connectivity index (χ3v) is 4.63. The van der Waals surface area contributed by atoms with Crippen molar-refractivity contribution in [2.75, 3.05) is 31.2 Å². The van der Waals surface area contributed by atoms with Gasteiger partial charge in [-0.2, -0.15) is 0 Å². The summed E-state index contributed by atoms with van der Waals surface area (Å²) in [6, 6.07) is 5.72. The van der Waals surface area contributed by atoms with Crippen LogP contribution in [0.4, 0.5) is 11.4 Å². The van der Waals surface area contributed by atoms with Crippen LogP contribution in [0.25, 0.3) is 4.85 Å². The maximum absolute atomic E-state index is 11.7. The van der Waals surface area contributed by atoms with E-state index in [1.54, 1.807) is 6.07 Å². The second kappa shape index (κ2) is 8.82. The molecule has 0 aromatic heterocycles. The zero-order valence-corrected chi connectivity index (χ0v) is 15.3. The molecule has 1 aromatic rings. The molecule has 0 N–H and O–H groups in total. The third kappa shape index (κ3) is 4.93. The summed E-state index contributed by atoms with van der Waals surface area (Å²) < 4.78 is 5.46. The third-order valence-electron chi connectivity index (χ3n) is 4.63. The Morgan fingerprint density at radius 2 is 2.04 bits per heavy atom. The van der Waals surface area contributed by atoms with Gasteiger partial charge in [0.2, 0.25) is 6.54 Å². The van der Waals surface area contributed by atoms with Gasteiger partial charge in [0.25, 0.3) is 5.69 Å². The van der Waals surface area contributed by atoms with Crippen molar-refractivity contribution in [1.82, 2.24) is 0 Å². The minimum atomic E-state index is -0.296. The molecule has 6 heteroatoms. The van der Waals surface area contributed by atoms with Gasteiger partial charge in [-0.25, -0.2) is 6.57 Å². The van der Waals surface area contributed by atoms with Crippen molar-refractivity contribution < 1.29 is 9.66 Å². The monoisotopic (exact) mass is 345 g/mol. The van der Waals surface area contributed by atoms with Gasteiger partial charge < -0.3 is 14.5 Å². The van der Waals surface area contributed by atoms with Crippen LogP contribution in [0.3, 0.4) is 0 Å². The second-order valence-corrected chi connectivity index (χ2v) is 7.14. The fourth-order valence-corrected chi connectivity index (χ4v) is 3.31. The molecule has 0 spiro atoms. The molecular formula is C19H27N3O3. The van der Waals surface area contributed by atoms with Gasteiger partial charge in [0.15, 0.2) is 0 Å². The summed E-state index contributed by atoms with van der Waals surface area (Å²) in [5, 5.41) is 11.7. The van der Waals surface area contributed by atoms with Gasteiger partial charge in [0.05, 0.1) is 10.8 Å². The van der Waals surface area contributed by atoms with Crippen LogP contribution < -0.4 is 4.90 Å². The van der Waals surface area contributed by atoms with E-state index in [2.05, 4.69) is 23.6 Å². The number of rotatable bonds is 7. The maximum Gasteiger partial charge on any atom is 0.292 e. The lowest BCUT2D eigenvalue weighted by Crippen LogP contribution is -2.42. The van der Waals surface area contributed by atoms with E-state index in [1.807, 2.05) is 19.1 Å². The average molecular weight is 345 g/mol. The van der Waals surface area contributed by atoms with Gasteiger partial charge in [0, 0.05) is 31.9 Å². The molecule has 0 amide bonds. The summed E-state index contributed by atoms with van der Waals surface area (Å²) in [7, 11) is 0. The molecule has 0 aliphatic carbocycles. The number of anilines is 1. The summed E-state index contributed by atoms with van der Waals surface area (Å²) in [6.07, 6.45) is 1.78. The first-order chi connectivity index (χ1) is 11.9. The van der Waals surface area contributed by atoms with E-state index in [0.29, 0.717) is 31.4 Å². The van der Waals surface area contributed by atoms with E-state index >= 15 is 0 Å². The maximum atomic E-state index is 11.7. The number of nitrogens with zero attached hydrogens (tertiary/aromatic N) is 3. The first kappa shape index (κ1) is 19.2. The Morgan fingerprint density at radius 1 is 1.36 bits per heavy atom. The van der Waals surface area contributed by atoms with E-state index in [9.17, 15) is 10.1 Å². The van der Waals surface area contributed by atoms with Crippen molar-refractivity contribution in [2.24, 2.45) is 5.92 Å². The summed E-state index contributed by atoms with van der Waals surface area (Å²) >= 11 is 0. The molecule has 25 heavy (non-hydrogen) atoms. The highest BCUT2D eigenvalue weighted by atomic mass is 16.6. The largest absolute Gasteiger partial charge is 0.381 e. The molecular weight excluding hydrogens is 318 g/mol. The van der Waals surface area contributed by atoms with Crippen molar-refractivity contribution in [2.45, 2.75) is 45.6 Å². The Bertz CT molecular complexity index is 633. The van der Waals surface area contributed by atoms with E-state index in [1.165, 1.54) is 0 Å². The molecule has 0 bridgehead atoms. The molecule has 1 saturated heterocycles. The molecule has 0 saturated carbocycles. The molecule has 1 aliphatic rings. The minimum Gasteiger partial charge on any atom is -0.381 e. The van der Waals surface area contributed by atoms with E-state index in [0.717, 1.165) is 24.9 Å². The highest BCUT2D eigenvalue weighted by Crippen LogP contribution is 2.35. The number of hydrogen-bond donors (Lipinski definition) is 0. The Balaban J connectivity index is 2.41. The second-order valence-electron chi connectivity index (χ2n) is 7.14.